The van der Waals surface area contributed by atoms with Crippen LogP contribution in [0.25, 0.3) is 11.1 Å². The fraction of sp³-hybridized carbons (Fsp3) is 0.333. The first-order chi connectivity index (χ1) is 10.2. The number of benzene rings is 2. The largest absolute Gasteiger partial charge is 0.496 e. The molecule has 3 heteroatoms. The molecular weight excluding hydrogens is 282 g/mol. The molecule has 0 bridgehead atoms. The Morgan fingerprint density at radius 2 is 1.90 bits per heavy atom. The van der Waals surface area contributed by atoms with Gasteiger partial charge < -0.3 is 10.1 Å². The van der Waals surface area contributed by atoms with E-state index in [0.29, 0.717) is 0 Å². The monoisotopic (exact) mass is 303 g/mol. The normalized spacial score (nSPS) is 10.7. The van der Waals surface area contributed by atoms with Gasteiger partial charge in [0.1, 0.15) is 5.75 Å². The fourth-order valence-electron chi connectivity index (χ4n) is 2.39. The standard InChI is InChI=1S/C18H22ClNO/c1-4-9-20-12-14-6-7-15(19)11-16(14)17-10-13(2)5-8-18(17)21-3/h5-8,10-11,20H,4,9,12H2,1-3H3. The molecule has 0 aliphatic heterocycles. The summed E-state index contributed by atoms with van der Waals surface area (Å²) in [6.45, 7) is 6.09. The third kappa shape index (κ3) is 3.99. The highest BCUT2D eigenvalue weighted by atomic mass is 35.5. The Morgan fingerprint density at radius 1 is 1.10 bits per heavy atom. The molecule has 0 saturated carbocycles. The topological polar surface area (TPSA) is 21.3 Å². The minimum Gasteiger partial charge on any atom is -0.496 e. The zero-order chi connectivity index (χ0) is 15.2. The van der Waals surface area contributed by atoms with Crippen LogP contribution < -0.4 is 10.1 Å². The zero-order valence-electron chi connectivity index (χ0n) is 12.9. The molecule has 0 fully saturated rings. The Hall–Kier alpha value is -1.51. The summed E-state index contributed by atoms with van der Waals surface area (Å²) in [5.74, 6) is 0.875. The first-order valence-corrected chi connectivity index (χ1v) is 7.67. The van der Waals surface area contributed by atoms with Crippen molar-refractivity contribution in [2.45, 2.75) is 26.8 Å². The van der Waals surface area contributed by atoms with Crippen LogP contribution >= 0.6 is 11.6 Å². The van der Waals surface area contributed by atoms with Crippen molar-refractivity contribution in [1.82, 2.24) is 5.32 Å². The number of hydrogen-bond donors (Lipinski definition) is 1. The average Bonchev–Trinajstić information content (AvgIpc) is 2.49. The molecule has 0 aliphatic carbocycles. The summed E-state index contributed by atoms with van der Waals surface area (Å²) in [6.07, 6.45) is 1.12. The molecule has 0 spiro atoms. The summed E-state index contributed by atoms with van der Waals surface area (Å²) >= 11 is 6.20. The molecule has 0 amide bonds. The van der Waals surface area contributed by atoms with E-state index < -0.39 is 0 Å². The Labute approximate surface area is 132 Å². The molecule has 0 unspecified atom stereocenters. The van der Waals surface area contributed by atoms with Crippen molar-refractivity contribution in [3.63, 3.8) is 0 Å². The predicted molar refractivity (Wildman–Crippen MR) is 90.2 cm³/mol. The first kappa shape index (κ1) is 15.9. The van der Waals surface area contributed by atoms with Gasteiger partial charge in [-0.2, -0.15) is 0 Å². The molecule has 2 rings (SSSR count). The van der Waals surface area contributed by atoms with Crippen molar-refractivity contribution in [2.75, 3.05) is 13.7 Å². The molecule has 0 atom stereocenters. The third-order valence-corrected chi connectivity index (χ3v) is 3.69. The van der Waals surface area contributed by atoms with Gasteiger partial charge in [-0.3, -0.25) is 0 Å². The number of nitrogens with one attached hydrogen (secondary N) is 1. The van der Waals surface area contributed by atoms with Crippen LogP contribution in [0.3, 0.4) is 0 Å². The minimum absolute atomic E-state index is 0.743. The second kappa shape index (κ2) is 7.48. The number of halogens is 1. The maximum atomic E-state index is 6.20. The Morgan fingerprint density at radius 3 is 2.62 bits per heavy atom. The van der Waals surface area contributed by atoms with Gasteiger partial charge in [-0.25, -0.2) is 0 Å². The van der Waals surface area contributed by atoms with E-state index in [1.54, 1.807) is 7.11 Å². The van der Waals surface area contributed by atoms with Crippen LogP contribution in [-0.4, -0.2) is 13.7 Å². The number of aryl methyl sites for hydroxylation is 1. The van der Waals surface area contributed by atoms with E-state index in [-0.39, 0.29) is 0 Å². The van der Waals surface area contributed by atoms with Crippen LogP contribution in [0.5, 0.6) is 5.75 Å². The van der Waals surface area contributed by atoms with E-state index in [2.05, 4.69) is 37.4 Å². The molecule has 0 saturated heterocycles. The van der Waals surface area contributed by atoms with Gasteiger partial charge in [0.05, 0.1) is 7.11 Å². The maximum Gasteiger partial charge on any atom is 0.126 e. The summed E-state index contributed by atoms with van der Waals surface area (Å²) < 4.78 is 5.51. The van der Waals surface area contributed by atoms with Crippen LogP contribution in [0.15, 0.2) is 36.4 Å². The summed E-state index contributed by atoms with van der Waals surface area (Å²) in [5, 5.41) is 4.19. The highest BCUT2D eigenvalue weighted by molar-refractivity contribution is 6.30. The smallest absolute Gasteiger partial charge is 0.126 e. The quantitative estimate of drug-likeness (QED) is 0.772. The summed E-state index contributed by atoms with van der Waals surface area (Å²) in [6, 6.07) is 12.3. The van der Waals surface area contributed by atoms with Gasteiger partial charge in [-0.05, 0) is 55.3 Å². The van der Waals surface area contributed by atoms with E-state index in [1.165, 1.54) is 11.1 Å². The van der Waals surface area contributed by atoms with E-state index in [4.69, 9.17) is 16.3 Å². The summed E-state index contributed by atoms with van der Waals surface area (Å²) in [7, 11) is 1.70. The number of ether oxygens (including phenoxy) is 1. The number of hydrogen-bond acceptors (Lipinski definition) is 2. The van der Waals surface area contributed by atoms with E-state index in [0.717, 1.165) is 41.4 Å². The van der Waals surface area contributed by atoms with Gasteiger partial charge in [0, 0.05) is 17.1 Å². The van der Waals surface area contributed by atoms with Crippen molar-refractivity contribution < 1.29 is 4.74 Å². The van der Waals surface area contributed by atoms with Crippen LogP contribution in [0, 0.1) is 6.92 Å². The molecular formula is C18H22ClNO. The van der Waals surface area contributed by atoms with Gasteiger partial charge in [0.25, 0.3) is 0 Å². The Bertz CT molecular complexity index is 610. The van der Waals surface area contributed by atoms with Gasteiger partial charge in [-0.1, -0.05) is 36.2 Å². The lowest BCUT2D eigenvalue weighted by molar-refractivity contribution is 0.416. The molecule has 112 valence electrons. The van der Waals surface area contributed by atoms with Crippen molar-refractivity contribution >= 4 is 11.6 Å². The number of rotatable bonds is 6. The van der Waals surface area contributed by atoms with Crippen LogP contribution in [-0.2, 0) is 6.54 Å². The first-order valence-electron chi connectivity index (χ1n) is 7.30. The highest BCUT2D eigenvalue weighted by Gasteiger charge is 2.11. The van der Waals surface area contributed by atoms with Crippen molar-refractivity contribution in [2.24, 2.45) is 0 Å². The van der Waals surface area contributed by atoms with E-state index in [1.807, 2.05) is 18.2 Å². The second-order valence-corrected chi connectivity index (χ2v) is 5.62. The minimum atomic E-state index is 0.743. The van der Waals surface area contributed by atoms with Gasteiger partial charge in [-0.15, -0.1) is 0 Å². The van der Waals surface area contributed by atoms with Crippen molar-refractivity contribution in [3.05, 3.63) is 52.5 Å². The Kier molecular flexibility index (Phi) is 5.66. The molecule has 21 heavy (non-hydrogen) atoms. The van der Waals surface area contributed by atoms with Crippen LogP contribution in [0.2, 0.25) is 5.02 Å². The van der Waals surface area contributed by atoms with Gasteiger partial charge in [0.2, 0.25) is 0 Å². The predicted octanol–water partition coefficient (Wildman–Crippen LogP) is 4.82. The van der Waals surface area contributed by atoms with Crippen molar-refractivity contribution in [3.8, 4) is 16.9 Å². The SMILES string of the molecule is CCCNCc1ccc(Cl)cc1-c1cc(C)ccc1OC. The molecule has 0 aliphatic rings. The maximum absolute atomic E-state index is 6.20. The molecule has 2 aromatic rings. The number of methoxy groups -OCH3 is 1. The fourth-order valence-corrected chi connectivity index (χ4v) is 2.56. The molecule has 0 heterocycles. The third-order valence-electron chi connectivity index (χ3n) is 3.46. The van der Waals surface area contributed by atoms with Gasteiger partial charge in [0.15, 0.2) is 0 Å². The molecule has 0 aromatic heterocycles. The van der Waals surface area contributed by atoms with Crippen LogP contribution in [0.4, 0.5) is 0 Å². The zero-order valence-corrected chi connectivity index (χ0v) is 13.6. The summed E-state index contributed by atoms with van der Waals surface area (Å²) in [5.41, 5.74) is 4.66. The van der Waals surface area contributed by atoms with E-state index >= 15 is 0 Å². The van der Waals surface area contributed by atoms with Crippen molar-refractivity contribution in [1.29, 1.82) is 0 Å². The lowest BCUT2D eigenvalue weighted by Gasteiger charge is -2.15. The molecule has 0 radical (unpaired) electrons. The molecule has 2 aromatic carbocycles. The average molecular weight is 304 g/mol. The molecule has 2 nitrogen and oxygen atoms in total. The van der Waals surface area contributed by atoms with E-state index in [9.17, 15) is 0 Å². The van der Waals surface area contributed by atoms with Gasteiger partial charge >= 0.3 is 0 Å². The second-order valence-electron chi connectivity index (χ2n) is 5.18. The lowest BCUT2D eigenvalue weighted by Crippen LogP contribution is -2.14. The Balaban J connectivity index is 2.46. The lowest BCUT2D eigenvalue weighted by atomic mass is 9.97. The highest BCUT2D eigenvalue weighted by Crippen LogP contribution is 2.34. The molecule has 1 N–H and O–H groups in total. The summed E-state index contributed by atoms with van der Waals surface area (Å²) in [4.78, 5) is 0. The van der Waals surface area contributed by atoms with Crippen LogP contribution in [0.1, 0.15) is 24.5 Å².